The highest BCUT2D eigenvalue weighted by Crippen LogP contribution is 2.17. The molecule has 0 radical (unpaired) electrons. The van der Waals surface area contributed by atoms with E-state index >= 15 is 0 Å². The Bertz CT molecular complexity index is 1080. The van der Waals surface area contributed by atoms with Gasteiger partial charge in [-0.25, -0.2) is 0 Å². The second-order valence-corrected chi connectivity index (χ2v) is 17.2. The molecule has 348 valence electrons. The first kappa shape index (κ1) is 57.6. The van der Waals surface area contributed by atoms with E-state index in [0.717, 1.165) is 89.9 Å². The number of amides is 1. The van der Waals surface area contributed by atoms with Gasteiger partial charge in [-0.15, -0.1) is 0 Å². The van der Waals surface area contributed by atoms with Gasteiger partial charge in [-0.2, -0.15) is 0 Å². The molecule has 0 fully saturated rings. The molecule has 0 bridgehead atoms. The van der Waals surface area contributed by atoms with Gasteiger partial charge >= 0.3 is 5.97 Å². The molecule has 60 heavy (non-hydrogen) atoms. The van der Waals surface area contributed by atoms with Crippen LogP contribution in [0.15, 0.2) is 60.8 Å². The van der Waals surface area contributed by atoms with Crippen LogP contribution in [0, 0.1) is 0 Å². The Hall–Kier alpha value is -2.44. The highest BCUT2D eigenvalue weighted by Gasteiger charge is 2.24. The maximum Gasteiger partial charge on any atom is 0.306 e. The van der Waals surface area contributed by atoms with E-state index in [4.69, 9.17) is 4.74 Å². The van der Waals surface area contributed by atoms with Gasteiger partial charge in [0.25, 0.3) is 0 Å². The largest absolute Gasteiger partial charge is 0.462 e. The summed E-state index contributed by atoms with van der Waals surface area (Å²) in [5.74, 6) is -0.539. The first-order valence-electron chi connectivity index (χ1n) is 25.5. The van der Waals surface area contributed by atoms with Gasteiger partial charge in [0.2, 0.25) is 5.91 Å². The number of hydrogen-bond acceptors (Lipinski definition) is 5. The summed E-state index contributed by atoms with van der Waals surface area (Å²) >= 11 is 0. The van der Waals surface area contributed by atoms with Crippen molar-refractivity contribution < 1.29 is 24.5 Å². The molecule has 0 heterocycles. The number of carbonyl (C=O) groups is 2. The quantitative estimate of drug-likeness (QED) is 0.0322. The second-order valence-electron chi connectivity index (χ2n) is 17.2. The van der Waals surface area contributed by atoms with Crippen molar-refractivity contribution in [1.82, 2.24) is 5.32 Å². The highest BCUT2D eigenvalue weighted by molar-refractivity contribution is 5.77. The van der Waals surface area contributed by atoms with Crippen LogP contribution < -0.4 is 5.32 Å². The van der Waals surface area contributed by atoms with Gasteiger partial charge in [0.05, 0.1) is 25.2 Å². The van der Waals surface area contributed by atoms with Crippen molar-refractivity contribution in [2.24, 2.45) is 0 Å². The van der Waals surface area contributed by atoms with Crippen LogP contribution in [0.1, 0.15) is 245 Å². The molecule has 0 aromatic rings. The lowest BCUT2D eigenvalue weighted by molar-refractivity contribution is -0.151. The molecule has 6 heteroatoms. The van der Waals surface area contributed by atoms with Crippen LogP contribution in [0.25, 0.3) is 0 Å². The van der Waals surface area contributed by atoms with Crippen molar-refractivity contribution in [1.29, 1.82) is 0 Å². The number of carbonyl (C=O) groups excluding carboxylic acids is 2. The minimum atomic E-state index is -0.800. The summed E-state index contributed by atoms with van der Waals surface area (Å²) in [6.45, 7) is 6.35. The number of esters is 1. The van der Waals surface area contributed by atoms with E-state index in [2.05, 4.69) is 86.8 Å². The zero-order valence-corrected chi connectivity index (χ0v) is 39.6. The molecule has 0 aromatic heterocycles. The minimum absolute atomic E-state index is 0.0429. The van der Waals surface area contributed by atoms with Gasteiger partial charge in [-0.3, -0.25) is 9.59 Å². The number of ether oxygens (including phenoxy) is 1. The summed E-state index contributed by atoms with van der Waals surface area (Å²) < 4.78 is 5.90. The lowest BCUT2D eigenvalue weighted by Gasteiger charge is -2.24. The van der Waals surface area contributed by atoms with Gasteiger partial charge in [0.15, 0.2) is 0 Å². The summed E-state index contributed by atoms with van der Waals surface area (Å²) in [7, 11) is 0. The summed E-state index contributed by atoms with van der Waals surface area (Å²) in [5.41, 5.74) is 0. The number of allylic oxidation sites excluding steroid dienone is 10. The van der Waals surface area contributed by atoms with Crippen molar-refractivity contribution in [3.05, 3.63) is 60.8 Å². The zero-order valence-electron chi connectivity index (χ0n) is 39.6. The molecular weight excluding hydrogens is 743 g/mol. The topological polar surface area (TPSA) is 95.9 Å². The maximum atomic E-state index is 13.2. The number of hydrogen-bond donors (Lipinski definition) is 3. The molecule has 3 unspecified atom stereocenters. The third-order valence-electron chi connectivity index (χ3n) is 11.3. The highest BCUT2D eigenvalue weighted by atomic mass is 16.5. The molecule has 0 aliphatic carbocycles. The summed E-state index contributed by atoms with van der Waals surface area (Å²) in [6, 6.07) is -0.717. The fourth-order valence-electron chi connectivity index (χ4n) is 7.48. The number of aliphatic hydroxyl groups is 2. The van der Waals surface area contributed by atoms with E-state index in [1.165, 1.54) is 109 Å². The van der Waals surface area contributed by atoms with Crippen molar-refractivity contribution in [2.75, 3.05) is 6.61 Å². The predicted octanol–water partition coefficient (Wildman–Crippen LogP) is 15.2. The molecular formula is C54H97NO5. The first-order chi connectivity index (χ1) is 29.5. The Morgan fingerprint density at radius 3 is 1.42 bits per heavy atom. The van der Waals surface area contributed by atoms with Gasteiger partial charge in [-0.05, 0) is 83.5 Å². The Morgan fingerprint density at radius 2 is 0.917 bits per heavy atom. The molecule has 0 rings (SSSR count). The van der Waals surface area contributed by atoms with Crippen molar-refractivity contribution in [2.45, 2.75) is 264 Å². The molecule has 0 aliphatic rings. The average Bonchev–Trinajstić information content (AvgIpc) is 3.24. The Labute approximate surface area is 371 Å². The van der Waals surface area contributed by atoms with Crippen LogP contribution >= 0.6 is 0 Å². The standard InChI is InChI=1S/C54H97NO5/c1-4-7-10-13-16-19-22-25-26-27-29-32-35-38-41-44-47-54(59)60-50(45-42-39-36-33-30-24-21-18-15-12-9-6-3)48-53(58)55-51(49-56)52(57)46-43-40-37-34-31-28-23-20-17-14-11-8-5-2/h7,10,16,19,25-26,29,32-33,36,50-52,56-57H,4-6,8-9,11-15,17-18,20-24,27-28,30-31,34-35,37-49H2,1-3H3,(H,55,58)/b10-7+,19-16+,26-25+,32-29+,36-33-. The third-order valence-corrected chi connectivity index (χ3v) is 11.3. The van der Waals surface area contributed by atoms with Crippen molar-refractivity contribution in [3.63, 3.8) is 0 Å². The van der Waals surface area contributed by atoms with Crippen molar-refractivity contribution >= 4 is 11.9 Å². The minimum Gasteiger partial charge on any atom is -0.462 e. The van der Waals surface area contributed by atoms with E-state index in [1.807, 2.05) is 0 Å². The molecule has 0 saturated heterocycles. The summed E-state index contributed by atoms with van der Waals surface area (Å²) in [4.78, 5) is 26.1. The van der Waals surface area contributed by atoms with E-state index in [1.54, 1.807) is 0 Å². The van der Waals surface area contributed by atoms with Gasteiger partial charge in [0.1, 0.15) is 6.10 Å². The van der Waals surface area contributed by atoms with E-state index < -0.39 is 18.2 Å². The number of unbranched alkanes of at least 4 members (excludes halogenated alkanes) is 23. The van der Waals surface area contributed by atoms with Gasteiger partial charge in [0, 0.05) is 6.42 Å². The molecule has 0 aromatic carbocycles. The van der Waals surface area contributed by atoms with Crippen LogP contribution in [0.5, 0.6) is 0 Å². The second kappa shape index (κ2) is 47.6. The lowest BCUT2D eigenvalue weighted by Crippen LogP contribution is -2.46. The number of aliphatic hydroxyl groups excluding tert-OH is 2. The maximum absolute atomic E-state index is 13.2. The van der Waals surface area contributed by atoms with Gasteiger partial charge in [-0.1, -0.05) is 210 Å². The van der Waals surface area contributed by atoms with E-state index in [9.17, 15) is 19.8 Å². The molecule has 0 spiro atoms. The normalized spacial score (nSPS) is 13.8. The van der Waals surface area contributed by atoms with Crippen molar-refractivity contribution in [3.8, 4) is 0 Å². The summed E-state index contributed by atoms with van der Waals surface area (Å²) in [6.07, 6.45) is 58.5. The smallest absolute Gasteiger partial charge is 0.306 e. The van der Waals surface area contributed by atoms with Crippen LogP contribution in [-0.2, 0) is 14.3 Å². The fourth-order valence-corrected chi connectivity index (χ4v) is 7.48. The molecule has 3 N–H and O–H groups in total. The zero-order chi connectivity index (χ0) is 43.8. The molecule has 0 saturated carbocycles. The average molecular weight is 840 g/mol. The predicted molar refractivity (Wildman–Crippen MR) is 259 cm³/mol. The summed E-state index contributed by atoms with van der Waals surface area (Å²) in [5, 5.41) is 23.7. The number of nitrogens with one attached hydrogen (secondary N) is 1. The fraction of sp³-hybridized carbons (Fsp3) is 0.778. The Balaban J connectivity index is 4.64. The van der Waals surface area contributed by atoms with E-state index in [-0.39, 0.29) is 24.9 Å². The molecule has 1 amide bonds. The van der Waals surface area contributed by atoms with E-state index in [0.29, 0.717) is 19.3 Å². The molecule has 0 aliphatic heterocycles. The first-order valence-corrected chi connectivity index (χ1v) is 25.5. The molecule has 3 atom stereocenters. The Kier molecular flexibility index (Phi) is 45.7. The lowest BCUT2D eigenvalue weighted by atomic mass is 10.0. The molecule has 6 nitrogen and oxygen atoms in total. The monoisotopic (exact) mass is 840 g/mol. The van der Waals surface area contributed by atoms with Crippen LogP contribution in [-0.4, -0.2) is 46.9 Å². The van der Waals surface area contributed by atoms with Crippen LogP contribution in [0.3, 0.4) is 0 Å². The SMILES string of the molecule is CC/C=C/C/C=C/C/C=C/C/C=C/CCCCCC(=O)OC(CCC/C=C\CCCCCCCCC)CC(=O)NC(CO)C(O)CCCCCCCCCCCCCCC. The number of rotatable bonds is 45. The third kappa shape index (κ3) is 42.3. The van der Waals surface area contributed by atoms with Crippen LogP contribution in [0.2, 0.25) is 0 Å². The Morgan fingerprint density at radius 1 is 0.500 bits per heavy atom. The van der Waals surface area contributed by atoms with Crippen LogP contribution in [0.4, 0.5) is 0 Å². The van der Waals surface area contributed by atoms with Gasteiger partial charge < -0.3 is 20.3 Å².